The van der Waals surface area contributed by atoms with Crippen LogP contribution in [0.25, 0.3) is 0 Å². The molecule has 0 aromatic heterocycles. The van der Waals surface area contributed by atoms with Crippen molar-refractivity contribution in [1.82, 2.24) is 10.2 Å². The lowest BCUT2D eigenvalue weighted by Gasteiger charge is -2.34. The van der Waals surface area contributed by atoms with Crippen LogP contribution in [0, 0.1) is 5.92 Å². The van der Waals surface area contributed by atoms with Crippen molar-refractivity contribution in [3.63, 3.8) is 0 Å². The molecule has 22 heavy (non-hydrogen) atoms. The number of nitrogens with zero attached hydrogens (tertiary/aromatic N) is 1. The lowest BCUT2D eigenvalue weighted by atomic mass is 9.93. The van der Waals surface area contributed by atoms with E-state index in [0.29, 0.717) is 18.4 Å². The molecule has 2 unspecified atom stereocenters. The maximum Gasteiger partial charge on any atom is 0.220 e. The fourth-order valence-electron chi connectivity index (χ4n) is 3.17. The minimum atomic E-state index is 0. The summed E-state index contributed by atoms with van der Waals surface area (Å²) in [5.41, 5.74) is 5.70. The van der Waals surface area contributed by atoms with Gasteiger partial charge in [-0.05, 0) is 45.2 Å². The topological polar surface area (TPSA) is 58.4 Å². The van der Waals surface area contributed by atoms with Crippen molar-refractivity contribution in [3.05, 3.63) is 0 Å². The Balaban J connectivity index is 0. The van der Waals surface area contributed by atoms with Crippen LogP contribution in [0.3, 0.4) is 0 Å². The number of carbonyl (C=O) groups excluding carboxylic acids is 1. The first kappa shape index (κ1) is 24.2. The quantitative estimate of drug-likeness (QED) is 0.668. The molecule has 2 atom stereocenters. The van der Waals surface area contributed by atoms with E-state index in [1.807, 2.05) is 6.92 Å². The number of carbonyl (C=O) groups is 1. The van der Waals surface area contributed by atoms with Crippen molar-refractivity contribution < 1.29 is 4.79 Å². The minimum absolute atomic E-state index is 0. The molecule has 0 spiro atoms. The monoisotopic (exact) mass is 355 g/mol. The summed E-state index contributed by atoms with van der Waals surface area (Å²) in [6, 6.07) is 0.612. The average molecular weight is 356 g/mol. The summed E-state index contributed by atoms with van der Waals surface area (Å²) in [5.74, 6) is 0.833. The number of nitrogens with two attached hydrogens (primary N) is 1. The van der Waals surface area contributed by atoms with Gasteiger partial charge in [-0.2, -0.15) is 0 Å². The molecule has 1 saturated heterocycles. The molecule has 4 nitrogen and oxygen atoms in total. The van der Waals surface area contributed by atoms with Gasteiger partial charge in [-0.25, -0.2) is 0 Å². The van der Waals surface area contributed by atoms with E-state index in [9.17, 15) is 4.79 Å². The molecule has 6 heteroatoms. The van der Waals surface area contributed by atoms with E-state index in [1.165, 1.54) is 38.8 Å². The highest BCUT2D eigenvalue weighted by atomic mass is 35.5. The second-order valence-corrected chi connectivity index (χ2v) is 6.21. The number of hydrogen-bond acceptors (Lipinski definition) is 3. The van der Waals surface area contributed by atoms with E-state index in [0.717, 1.165) is 13.0 Å². The molecule has 0 bridgehead atoms. The third-order valence-corrected chi connectivity index (χ3v) is 4.54. The Hall–Kier alpha value is -0.0300. The summed E-state index contributed by atoms with van der Waals surface area (Å²) in [6.07, 6.45) is 6.30. The summed E-state index contributed by atoms with van der Waals surface area (Å²) in [7, 11) is 0. The van der Waals surface area contributed by atoms with Crippen LogP contribution >= 0.6 is 24.8 Å². The number of hydrogen-bond donors (Lipinski definition) is 2. The smallest absolute Gasteiger partial charge is 0.220 e. The Morgan fingerprint density at radius 2 is 1.73 bits per heavy atom. The van der Waals surface area contributed by atoms with E-state index in [1.54, 1.807) is 0 Å². The largest absolute Gasteiger partial charge is 0.355 e. The van der Waals surface area contributed by atoms with Crippen LogP contribution in [-0.2, 0) is 4.79 Å². The number of amides is 1. The number of nitrogens with one attached hydrogen (secondary N) is 1. The third-order valence-electron chi connectivity index (χ3n) is 4.54. The molecule has 134 valence electrons. The highest BCUT2D eigenvalue weighted by Crippen LogP contribution is 2.22. The van der Waals surface area contributed by atoms with Gasteiger partial charge in [0.15, 0.2) is 0 Å². The Morgan fingerprint density at radius 1 is 1.18 bits per heavy atom. The Labute approximate surface area is 148 Å². The average Bonchev–Trinajstić information content (AvgIpc) is 2.94. The van der Waals surface area contributed by atoms with Crippen molar-refractivity contribution in [2.75, 3.05) is 19.6 Å². The first-order valence-corrected chi connectivity index (χ1v) is 8.34. The van der Waals surface area contributed by atoms with Crippen LogP contribution in [0.2, 0.25) is 0 Å². The Morgan fingerprint density at radius 3 is 2.18 bits per heavy atom. The predicted octanol–water partition coefficient (Wildman–Crippen LogP) is 2.97. The van der Waals surface area contributed by atoms with Gasteiger partial charge in [-0.15, -0.1) is 24.8 Å². The van der Waals surface area contributed by atoms with Crippen LogP contribution < -0.4 is 11.1 Å². The zero-order valence-corrected chi connectivity index (χ0v) is 16.0. The van der Waals surface area contributed by atoms with Gasteiger partial charge >= 0.3 is 0 Å². The van der Waals surface area contributed by atoms with Gasteiger partial charge in [0, 0.05) is 25.0 Å². The van der Waals surface area contributed by atoms with Crippen LogP contribution in [0.15, 0.2) is 0 Å². The zero-order valence-electron chi connectivity index (χ0n) is 14.3. The minimum Gasteiger partial charge on any atom is -0.355 e. The standard InChI is InChI=1S/C16H33N3O.2ClH/c1-4-14(5-2)15(19-10-6-7-11-19)12-18-16(20)9-8-13(3)17;;/h13-15H,4-12,17H2,1-3H3,(H,18,20);2*1H. The van der Waals surface area contributed by atoms with Crippen LogP contribution in [0.1, 0.15) is 59.3 Å². The summed E-state index contributed by atoms with van der Waals surface area (Å²) < 4.78 is 0. The molecular formula is C16H35Cl2N3O. The predicted molar refractivity (Wildman–Crippen MR) is 99.1 cm³/mol. The van der Waals surface area contributed by atoms with Gasteiger partial charge in [-0.3, -0.25) is 9.69 Å². The van der Waals surface area contributed by atoms with Gasteiger partial charge in [-0.1, -0.05) is 26.7 Å². The Kier molecular flexibility index (Phi) is 14.8. The lowest BCUT2D eigenvalue weighted by molar-refractivity contribution is -0.121. The molecule has 1 heterocycles. The Bertz CT molecular complexity index is 279. The van der Waals surface area contributed by atoms with E-state index in [4.69, 9.17) is 5.73 Å². The molecule has 0 aliphatic carbocycles. The molecule has 0 saturated carbocycles. The summed E-state index contributed by atoms with van der Waals surface area (Å²) in [6.45, 7) is 9.65. The number of likely N-dealkylation sites (tertiary alicyclic amines) is 1. The molecule has 1 aliphatic heterocycles. The summed E-state index contributed by atoms with van der Waals surface area (Å²) in [5, 5.41) is 3.13. The van der Waals surface area contributed by atoms with Gasteiger partial charge in [0.2, 0.25) is 5.91 Å². The fourth-order valence-corrected chi connectivity index (χ4v) is 3.17. The SMILES string of the molecule is CCC(CC)C(CNC(=O)CCC(C)N)N1CCCC1.Cl.Cl. The first-order valence-electron chi connectivity index (χ1n) is 8.34. The molecule has 0 aromatic carbocycles. The molecule has 1 rings (SSSR count). The highest BCUT2D eigenvalue weighted by Gasteiger charge is 2.27. The highest BCUT2D eigenvalue weighted by molar-refractivity contribution is 5.85. The second-order valence-electron chi connectivity index (χ2n) is 6.21. The molecular weight excluding hydrogens is 321 g/mol. The summed E-state index contributed by atoms with van der Waals surface area (Å²) >= 11 is 0. The van der Waals surface area contributed by atoms with Crippen molar-refractivity contribution in [3.8, 4) is 0 Å². The summed E-state index contributed by atoms with van der Waals surface area (Å²) in [4.78, 5) is 14.5. The fraction of sp³-hybridized carbons (Fsp3) is 0.938. The van der Waals surface area contributed by atoms with Crippen molar-refractivity contribution in [1.29, 1.82) is 0 Å². The second kappa shape index (κ2) is 13.4. The normalized spacial score (nSPS) is 17.5. The molecule has 0 radical (unpaired) electrons. The molecule has 1 amide bonds. The van der Waals surface area contributed by atoms with Crippen molar-refractivity contribution >= 4 is 30.7 Å². The van der Waals surface area contributed by atoms with Crippen LogP contribution in [0.4, 0.5) is 0 Å². The van der Waals surface area contributed by atoms with Gasteiger partial charge in [0.1, 0.15) is 0 Å². The van der Waals surface area contributed by atoms with Crippen molar-refractivity contribution in [2.45, 2.75) is 71.4 Å². The van der Waals surface area contributed by atoms with Gasteiger partial charge < -0.3 is 11.1 Å². The van der Waals surface area contributed by atoms with E-state index in [-0.39, 0.29) is 36.8 Å². The van der Waals surface area contributed by atoms with Crippen LogP contribution in [0.5, 0.6) is 0 Å². The van der Waals surface area contributed by atoms with E-state index in [2.05, 4.69) is 24.1 Å². The third kappa shape index (κ3) is 8.56. The molecule has 3 N–H and O–H groups in total. The maximum absolute atomic E-state index is 11.9. The van der Waals surface area contributed by atoms with E-state index < -0.39 is 0 Å². The first-order chi connectivity index (χ1) is 9.58. The number of rotatable bonds is 9. The number of halogens is 2. The maximum atomic E-state index is 11.9. The lowest BCUT2D eigenvalue weighted by Crippen LogP contribution is -2.47. The van der Waals surface area contributed by atoms with Crippen LogP contribution in [-0.4, -0.2) is 42.5 Å². The molecule has 1 aliphatic rings. The van der Waals surface area contributed by atoms with Gasteiger partial charge in [0.25, 0.3) is 0 Å². The molecule has 0 aromatic rings. The molecule has 1 fully saturated rings. The van der Waals surface area contributed by atoms with Crippen molar-refractivity contribution in [2.24, 2.45) is 11.7 Å². The van der Waals surface area contributed by atoms with E-state index >= 15 is 0 Å². The van der Waals surface area contributed by atoms with Gasteiger partial charge in [0.05, 0.1) is 0 Å². The zero-order chi connectivity index (χ0) is 15.0.